The predicted molar refractivity (Wildman–Crippen MR) is 75.3 cm³/mol. The zero-order valence-corrected chi connectivity index (χ0v) is 12.1. The summed E-state index contributed by atoms with van der Waals surface area (Å²) in [6.07, 6.45) is 4.09. The summed E-state index contributed by atoms with van der Waals surface area (Å²) in [4.78, 5) is 13.3. The van der Waals surface area contributed by atoms with E-state index in [0.29, 0.717) is 11.3 Å². The summed E-state index contributed by atoms with van der Waals surface area (Å²) in [7, 11) is 2.19. The molecule has 0 N–H and O–H groups in total. The van der Waals surface area contributed by atoms with Crippen LogP contribution < -0.4 is 4.90 Å². The Morgan fingerprint density at radius 2 is 2.22 bits per heavy atom. The molecule has 2 rings (SSSR count). The molecular formula is C13H21ClN4. The van der Waals surface area contributed by atoms with E-state index in [9.17, 15) is 0 Å². The van der Waals surface area contributed by atoms with Crippen LogP contribution in [0.25, 0.3) is 0 Å². The molecule has 4 nitrogen and oxygen atoms in total. The van der Waals surface area contributed by atoms with Gasteiger partial charge < -0.3 is 9.80 Å². The molecule has 1 aromatic heterocycles. The topological polar surface area (TPSA) is 32.3 Å². The van der Waals surface area contributed by atoms with Gasteiger partial charge in [-0.25, -0.2) is 9.97 Å². The fourth-order valence-electron chi connectivity index (χ4n) is 2.57. The SMILES string of the molecule is CCC1CN(C)CCCN1c1nc(Cl)ncc1C. The Hall–Kier alpha value is -0.870. The minimum atomic E-state index is 0.336. The Balaban J connectivity index is 2.31. The lowest BCUT2D eigenvalue weighted by Gasteiger charge is -2.32. The van der Waals surface area contributed by atoms with Crippen LogP contribution in [-0.4, -0.2) is 47.6 Å². The molecule has 100 valence electrons. The summed E-state index contributed by atoms with van der Waals surface area (Å²) in [5, 5.41) is 0.336. The van der Waals surface area contributed by atoms with Crippen molar-refractivity contribution in [1.82, 2.24) is 14.9 Å². The van der Waals surface area contributed by atoms with Crippen molar-refractivity contribution >= 4 is 17.4 Å². The predicted octanol–water partition coefficient (Wildman–Crippen LogP) is 2.36. The van der Waals surface area contributed by atoms with Gasteiger partial charge in [0, 0.05) is 30.9 Å². The highest BCUT2D eigenvalue weighted by Crippen LogP contribution is 2.24. The number of halogens is 1. The van der Waals surface area contributed by atoms with Gasteiger partial charge in [0.2, 0.25) is 5.28 Å². The molecule has 1 aliphatic heterocycles. The lowest BCUT2D eigenvalue weighted by molar-refractivity contribution is 0.327. The Bertz CT molecular complexity index is 410. The van der Waals surface area contributed by atoms with Crippen molar-refractivity contribution in [2.45, 2.75) is 32.7 Å². The van der Waals surface area contributed by atoms with Gasteiger partial charge >= 0.3 is 0 Å². The van der Waals surface area contributed by atoms with Crippen LogP contribution in [-0.2, 0) is 0 Å². The smallest absolute Gasteiger partial charge is 0.224 e. The second-order valence-corrected chi connectivity index (χ2v) is 5.35. The van der Waals surface area contributed by atoms with Crippen molar-refractivity contribution in [3.63, 3.8) is 0 Å². The van der Waals surface area contributed by atoms with Gasteiger partial charge in [-0.1, -0.05) is 6.92 Å². The van der Waals surface area contributed by atoms with Crippen LogP contribution in [0, 0.1) is 6.92 Å². The van der Waals surface area contributed by atoms with Crippen LogP contribution in [0.15, 0.2) is 6.20 Å². The van der Waals surface area contributed by atoms with Gasteiger partial charge in [0.15, 0.2) is 0 Å². The molecular weight excluding hydrogens is 248 g/mol. The molecule has 18 heavy (non-hydrogen) atoms. The normalized spacial score (nSPS) is 22.0. The number of likely N-dealkylation sites (N-methyl/N-ethyl adjacent to an activating group) is 1. The van der Waals surface area contributed by atoms with E-state index in [-0.39, 0.29) is 0 Å². The standard InChI is InChI=1S/C13H21ClN4/c1-4-11-9-17(3)6-5-7-18(11)12-10(2)8-15-13(14)16-12/h8,11H,4-7,9H2,1-3H3. The Labute approximate surface area is 114 Å². The van der Waals surface area contributed by atoms with Crippen LogP contribution >= 0.6 is 11.6 Å². The first kappa shape index (κ1) is 13.6. The fraction of sp³-hybridized carbons (Fsp3) is 0.692. The van der Waals surface area contributed by atoms with Gasteiger partial charge in [-0.15, -0.1) is 0 Å². The third-order valence-corrected chi connectivity index (χ3v) is 3.74. The zero-order chi connectivity index (χ0) is 13.1. The van der Waals surface area contributed by atoms with Crippen molar-refractivity contribution in [3.8, 4) is 0 Å². The lowest BCUT2D eigenvalue weighted by atomic mass is 10.1. The first-order chi connectivity index (χ1) is 8.61. The number of rotatable bonds is 2. The average Bonchev–Trinajstić information content (AvgIpc) is 2.53. The second kappa shape index (κ2) is 5.85. The van der Waals surface area contributed by atoms with E-state index in [1.54, 1.807) is 0 Å². The Morgan fingerprint density at radius 1 is 1.44 bits per heavy atom. The van der Waals surface area contributed by atoms with E-state index < -0.39 is 0 Å². The number of nitrogens with zero attached hydrogens (tertiary/aromatic N) is 4. The van der Waals surface area contributed by atoms with Crippen molar-refractivity contribution in [2.24, 2.45) is 0 Å². The fourth-order valence-corrected chi connectivity index (χ4v) is 2.70. The summed E-state index contributed by atoms with van der Waals surface area (Å²) in [6, 6.07) is 0.502. The van der Waals surface area contributed by atoms with E-state index in [2.05, 4.69) is 33.7 Å². The Morgan fingerprint density at radius 3 is 2.94 bits per heavy atom. The lowest BCUT2D eigenvalue weighted by Crippen LogP contribution is -2.40. The highest BCUT2D eigenvalue weighted by atomic mass is 35.5. The first-order valence-corrected chi connectivity index (χ1v) is 6.94. The van der Waals surface area contributed by atoms with E-state index in [1.165, 1.54) is 0 Å². The highest BCUT2D eigenvalue weighted by molar-refractivity contribution is 6.28. The minimum Gasteiger partial charge on any atom is -0.352 e. The maximum atomic E-state index is 5.94. The molecule has 0 amide bonds. The van der Waals surface area contributed by atoms with Crippen LogP contribution in [0.5, 0.6) is 0 Å². The number of aromatic nitrogens is 2. The minimum absolute atomic E-state index is 0.336. The maximum Gasteiger partial charge on any atom is 0.224 e. The molecule has 0 aromatic carbocycles. The number of hydrogen-bond acceptors (Lipinski definition) is 4. The van der Waals surface area contributed by atoms with Gasteiger partial charge in [0.05, 0.1) is 0 Å². The number of aryl methyl sites for hydroxylation is 1. The molecule has 0 saturated carbocycles. The zero-order valence-electron chi connectivity index (χ0n) is 11.4. The molecule has 0 spiro atoms. The van der Waals surface area contributed by atoms with Gasteiger partial charge in [-0.3, -0.25) is 0 Å². The van der Waals surface area contributed by atoms with Crippen molar-refractivity contribution in [1.29, 1.82) is 0 Å². The van der Waals surface area contributed by atoms with Crippen LogP contribution in [0.3, 0.4) is 0 Å². The monoisotopic (exact) mass is 268 g/mol. The van der Waals surface area contributed by atoms with Crippen LogP contribution in [0.1, 0.15) is 25.3 Å². The third kappa shape index (κ3) is 2.93. The number of anilines is 1. The maximum absolute atomic E-state index is 5.94. The molecule has 1 atom stereocenters. The van der Waals surface area contributed by atoms with E-state index in [4.69, 9.17) is 11.6 Å². The van der Waals surface area contributed by atoms with Crippen LogP contribution in [0.2, 0.25) is 5.28 Å². The van der Waals surface area contributed by atoms with Gasteiger partial charge in [-0.05, 0) is 45.0 Å². The average molecular weight is 269 g/mol. The summed E-state index contributed by atoms with van der Waals surface area (Å²) in [6.45, 7) is 7.54. The quantitative estimate of drug-likeness (QED) is 0.771. The molecule has 2 heterocycles. The molecule has 1 unspecified atom stereocenters. The molecule has 0 radical (unpaired) electrons. The molecule has 0 bridgehead atoms. The third-order valence-electron chi connectivity index (χ3n) is 3.56. The van der Waals surface area contributed by atoms with E-state index in [1.807, 2.05) is 13.1 Å². The molecule has 0 aliphatic carbocycles. The van der Waals surface area contributed by atoms with Crippen molar-refractivity contribution in [3.05, 3.63) is 17.0 Å². The molecule has 1 aliphatic rings. The van der Waals surface area contributed by atoms with Crippen LogP contribution in [0.4, 0.5) is 5.82 Å². The van der Waals surface area contributed by atoms with Crippen molar-refractivity contribution < 1.29 is 0 Å². The molecule has 5 heteroatoms. The summed E-state index contributed by atoms with van der Waals surface area (Å²) in [5.74, 6) is 0.997. The first-order valence-electron chi connectivity index (χ1n) is 6.56. The molecule has 1 aromatic rings. The summed E-state index contributed by atoms with van der Waals surface area (Å²) >= 11 is 5.94. The van der Waals surface area contributed by atoms with Gasteiger partial charge in [0.1, 0.15) is 5.82 Å². The molecule has 1 saturated heterocycles. The highest BCUT2D eigenvalue weighted by Gasteiger charge is 2.24. The van der Waals surface area contributed by atoms with Crippen molar-refractivity contribution in [2.75, 3.05) is 31.6 Å². The molecule has 1 fully saturated rings. The van der Waals surface area contributed by atoms with Gasteiger partial charge in [0.25, 0.3) is 0 Å². The Kier molecular flexibility index (Phi) is 4.40. The summed E-state index contributed by atoms with van der Waals surface area (Å²) < 4.78 is 0. The summed E-state index contributed by atoms with van der Waals surface area (Å²) in [5.41, 5.74) is 1.10. The number of hydrogen-bond donors (Lipinski definition) is 0. The second-order valence-electron chi connectivity index (χ2n) is 5.02. The van der Waals surface area contributed by atoms with E-state index in [0.717, 1.165) is 43.9 Å². The van der Waals surface area contributed by atoms with Gasteiger partial charge in [-0.2, -0.15) is 0 Å². The largest absolute Gasteiger partial charge is 0.352 e. The van der Waals surface area contributed by atoms with E-state index >= 15 is 0 Å².